The van der Waals surface area contributed by atoms with E-state index in [2.05, 4.69) is 0 Å². The van der Waals surface area contributed by atoms with Gasteiger partial charge in [0.15, 0.2) is 0 Å². The molecule has 0 N–H and O–H groups in total. The van der Waals surface area contributed by atoms with Gasteiger partial charge in [-0.15, -0.1) is 11.3 Å². The number of hydrogen-bond acceptors (Lipinski definition) is 3. The molecule has 0 unspecified atom stereocenters. The lowest BCUT2D eigenvalue weighted by Gasteiger charge is -2.27. The molecule has 0 aliphatic rings. The van der Waals surface area contributed by atoms with E-state index in [1.165, 1.54) is 4.90 Å². The van der Waals surface area contributed by atoms with E-state index >= 15 is 0 Å². The quantitative estimate of drug-likeness (QED) is 0.184. The predicted octanol–water partition coefficient (Wildman–Crippen LogP) is 13.9. The van der Waals surface area contributed by atoms with Gasteiger partial charge in [-0.2, -0.15) is 0 Å². The summed E-state index contributed by atoms with van der Waals surface area (Å²) in [5.41, 5.74) is 2.35. The Bertz CT molecular complexity index is 3270. The highest BCUT2D eigenvalue weighted by atomic mass is 32.1. The molecule has 10 aromatic rings. The van der Waals surface area contributed by atoms with Crippen molar-refractivity contribution in [2.45, 2.75) is 0 Å². The second-order valence-corrected chi connectivity index (χ2v) is 12.9. The largest absolute Gasteiger partial charge is 0.455 e. The highest BCUT2D eigenvalue weighted by molar-refractivity contribution is 7.25. The van der Waals surface area contributed by atoms with Crippen molar-refractivity contribution in [3.05, 3.63) is 176 Å². The summed E-state index contributed by atoms with van der Waals surface area (Å²) >= 11 is 1.59. The van der Waals surface area contributed by atoms with E-state index < -0.39 is 12.1 Å². The predicted molar refractivity (Wildman–Crippen MR) is 210 cm³/mol. The van der Waals surface area contributed by atoms with Gasteiger partial charge in [-0.3, -0.25) is 0 Å². The molecule has 2 nitrogen and oxygen atoms in total. The van der Waals surface area contributed by atoms with Crippen LogP contribution in [0.15, 0.2) is 180 Å². The van der Waals surface area contributed by atoms with E-state index in [1.807, 2.05) is 84.9 Å². The van der Waals surface area contributed by atoms with Crippen molar-refractivity contribution >= 4 is 81.3 Å². The van der Waals surface area contributed by atoms with Gasteiger partial charge in [-0.1, -0.05) is 121 Å². The van der Waals surface area contributed by atoms with Gasteiger partial charge in [0, 0.05) is 42.3 Å². The Balaban J connectivity index is 1.33. The molecule has 0 saturated heterocycles. The molecule has 230 valence electrons. The topological polar surface area (TPSA) is 16.4 Å². The minimum Gasteiger partial charge on any atom is -0.455 e. The van der Waals surface area contributed by atoms with Gasteiger partial charge in [-0.25, -0.2) is 0 Å². The number of nitrogens with zero attached hydrogens (tertiary/aromatic N) is 1. The first kappa shape index (κ1) is 20.9. The van der Waals surface area contributed by atoms with Crippen molar-refractivity contribution in [1.82, 2.24) is 0 Å². The Morgan fingerprint density at radius 3 is 2.18 bits per heavy atom. The van der Waals surface area contributed by atoms with Crippen LogP contribution in [-0.2, 0) is 0 Å². The summed E-state index contributed by atoms with van der Waals surface area (Å²) in [7, 11) is 0. The van der Waals surface area contributed by atoms with Crippen molar-refractivity contribution in [2.24, 2.45) is 0 Å². The van der Waals surface area contributed by atoms with E-state index in [1.54, 1.807) is 53.8 Å². The molecule has 0 atom stereocenters. The first-order valence-electron chi connectivity index (χ1n) is 20.0. The van der Waals surface area contributed by atoms with Crippen LogP contribution in [-0.4, -0.2) is 0 Å². The third-order valence-electron chi connectivity index (χ3n) is 9.01. The van der Waals surface area contributed by atoms with Crippen LogP contribution in [0.1, 0.15) is 11.0 Å². The van der Waals surface area contributed by atoms with Crippen molar-refractivity contribution in [3.8, 4) is 22.3 Å². The average Bonchev–Trinajstić information content (AvgIpc) is 3.82. The first-order valence-corrected chi connectivity index (χ1v) is 16.8. The van der Waals surface area contributed by atoms with Crippen LogP contribution >= 0.6 is 11.3 Å². The van der Waals surface area contributed by atoms with Gasteiger partial charge in [0.05, 0.1) is 22.0 Å². The molecule has 2 heterocycles. The zero-order chi connectivity index (χ0) is 39.3. The van der Waals surface area contributed by atoms with Gasteiger partial charge in [0.25, 0.3) is 0 Å². The lowest BCUT2D eigenvalue weighted by molar-refractivity contribution is 0.672. The second-order valence-electron chi connectivity index (χ2n) is 11.8. The van der Waals surface area contributed by atoms with Gasteiger partial charge in [0.2, 0.25) is 0 Å². The van der Waals surface area contributed by atoms with Crippen LogP contribution in [0.5, 0.6) is 0 Å². The van der Waals surface area contributed by atoms with Crippen molar-refractivity contribution in [1.29, 1.82) is 0 Å². The van der Waals surface area contributed by atoms with Crippen molar-refractivity contribution in [2.75, 3.05) is 4.90 Å². The lowest BCUT2D eigenvalue weighted by Crippen LogP contribution is -2.10. The maximum absolute atomic E-state index is 9.72. The Labute approximate surface area is 299 Å². The second kappa shape index (κ2) is 11.2. The zero-order valence-corrected chi connectivity index (χ0v) is 26.7. The van der Waals surface area contributed by atoms with Gasteiger partial charge in [-0.05, 0) is 82.1 Å². The van der Waals surface area contributed by atoms with E-state index in [4.69, 9.17) is 7.16 Å². The Hall–Kier alpha value is -6.16. The van der Waals surface area contributed by atoms with Crippen LogP contribution in [0, 0.1) is 0 Å². The molecule has 0 amide bonds. The number of rotatable bonds is 5. The third-order valence-corrected chi connectivity index (χ3v) is 10.1. The van der Waals surface area contributed by atoms with E-state index in [0.717, 1.165) is 30.9 Å². The molecule has 0 fully saturated rings. The molecule has 2 aromatic heterocycles. The first-order chi connectivity index (χ1) is 27.7. The number of thiophene rings is 1. The summed E-state index contributed by atoms with van der Waals surface area (Å²) in [6.45, 7) is 0. The minimum atomic E-state index is -0.463. The van der Waals surface area contributed by atoms with Gasteiger partial charge in [0.1, 0.15) is 11.2 Å². The fourth-order valence-electron chi connectivity index (χ4n) is 6.80. The molecule has 0 saturated carbocycles. The summed E-state index contributed by atoms with van der Waals surface area (Å²) in [5, 5.41) is 4.89. The molecule has 0 spiro atoms. The van der Waals surface area contributed by atoms with Crippen LogP contribution in [0.3, 0.4) is 0 Å². The average molecular weight is 652 g/mol. The molecule has 8 aromatic carbocycles. The molecular formula is C46H29NOS. The Morgan fingerprint density at radius 2 is 1.29 bits per heavy atom. The summed E-state index contributed by atoms with van der Waals surface area (Å²) in [6.07, 6.45) is 0. The van der Waals surface area contributed by atoms with Crippen LogP contribution in [0.25, 0.3) is 75.1 Å². The summed E-state index contributed by atoms with van der Waals surface area (Å²) < 4.78 is 84.2. The number of anilines is 3. The lowest BCUT2D eigenvalue weighted by atomic mass is 9.98. The van der Waals surface area contributed by atoms with E-state index in [-0.39, 0.29) is 58.8 Å². The fraction of sp³-hybridized carbons (Fsp3) is 0. The Morgan fingerprint density at radius 1 is 0.510 bits per heavy atom. The zero-order valence-electron chi connectivity index (χ0n) is 33.9. The van der Waals surface area contributed by atoms with Crippen molar-refractivity contribution < 1.29 is 15.4 Å². The highest BCUT2D eigenvalue weighted by Gasteiger charge is 2.21. The summed E-state index contributed by atoms with van der Waals surface area (Å²) in [5.74, 6) is 0. The third kappa shape index (κ3) is 4.55. The Kier molecular flexibility index (Phi) is 4.80. The molecule has 0 aliphatic heterocycles. The van der Waals surface area contributed by atoms with Crippen LogP contribution in [0.2, 0.25) is 0 Å². The molecule has 0 bridgehead atoms. The highest BCUT2D eigenvalue weighted by Crippen LogP contribution is 2.46. The standard InChI is InChI=1S/C46H29NOS/c1-2-11-30(12-3-1)33-14-8-15-35(29-33)47(40-19-10-20-41-45(40)39-28-25-31-13-4-5-16-37(31)46(39)48-41)34-26-23-32(24-27-34)36-18-9-22-43-44(36)38-17-6-7-21-42(38)49-43/h1-29H/i8D,14D,15D,23D,24D,26D,27D,29D. The van der Waals surface area contributed by atoms with E-state index in [9.17, 15) is 8.22 Å². The molecule has 0 radical (unpaired) electrons. The fourth-order valence-corrected chi connectivity index (χ4v) is 7.94. The number of furan rings is 1. The maximum atomic E-state index is 9.72. The molecule has 0 aliphatic carbocycles. The molecule has 10 rings (SSSR count). The van der Waals surface area contributed by atoms with Crippen molar-refractivity contribution in [3.63, 3.8) is 0 Å². The van der Waals surface area contributed by atoms with Crippen LogP contribution in [0.4, 0.5) is 17.1 Å². The van der Waals surface area contributed by atoms with E-state index in [0.29, 0.717) is 38.8 Å². The number of benzene rings is 8. The van der Waals surface area contributed by atoms with Crippen LogP contribution < -0.4 is 4.90 Å². The summed E-state index contributed by atoms with van der Waals surface area (Å²) in [4.78, 5) is 1.41. The normalized spacial score (nSPS) is 14.0. The molecule has 49 heavy (non-hydrogen) atoms. The monoisotopic (exact) mass is 651 g/mol. The minimum absolute atomic E-state index is 0.106. The SMILES string of the molecule is [2H]c1c([2H])c(-c2ccccc2)c([2H])c(N(c2c([2H])c([2H])c(-c3cccc4sc5ccccc5c34)c([2H])c2[2H])c2cccc3oc4c5ccccc5ccc4c23)c1[2H]. The smallest absolute Gasteiger partial charge is 0.143 e. The number of hydrogen-bond donors (Lipinski definition) is 0. The number of fused-ring (bicyclic) bond motifs is 8. The maximum Gasteiger partial charge on any atom is 0.143 e. The molecular weight excluding hydrogens is 615 g/mol. The summed E-state index contributed by atoms with van der Waals surface area (Å²) in [6, 6.07) is 36.6. The molecule has 3 heteroatoms. The van der Waals surface area contributed by atoms with Gasteiger partial charge >= 0.3 is 0 Å². The van der Waals surface area contributed by atoms with Gasteiger partial charge < -0.3 is 9.32 Å².